The minimum Gasteiger partial charge on any atom is -0.497 e. The molecule has 0 saturated carbocycles. The molecule has 2 aromatic rings. The van der Waals surface area contributed by atoms with Gasteiger partial charge < -0.3 is 9.64 Å². The van der Waals surface area contributed by atoms with Crippen LogP contribution < -0.4 is 9.64 Å². The van der Waals surface area contributed by atoms with E-state index in [4.69, 9.17) is 4.74 Å². The number of rotatable bonds is 6. The first-order valence-corrected chi connectivity index (χ1v) is 8.01. The van der Waals surface area contributed by atoms with Crippen molar-refractivity contribution in [1.29, 1.82) is 0 Å². The van der Waals surface area contributed by atoms with E-state index in [1.54, 1.807) is 18.9 Å². The van der Waals surface area contributed by atoms with Gasteiger partial charge in [0.05, 0.1) is 7.11 Å². The Bertz CT molecular complexity index is 522. The van der Waals surface area contributed by atoms with Crippen LogP contribution in [0.1, 0.15) is 12.5 Å². The predicted molar refractivity (Wildman–Crippen MR) is 87.9 cm³/mol. The van der Waals surface area contributed by atoms with Gasteiger partial charge in [0.25, 0.3) is 0 Å². The Hall–Kier alpha value is -1.61. The zero-order chi connectivity index (χ0) is 14.4. The summed E-state index contributed by atoms with van der Waals surface area (Å²) in [5.74, 6) is 0.897. The maximum atomic E-state index is 5.21. The van der Waals surface area contributed by atoms with Crippen LogP contribution in [0, 0.1) is 0 Å². The Kier molecular flexibility index (Phi) is 5.36. The Morgan fingerprint density at radius 2 is 1.65 bits per heavy atom. The average molecular weight is 287 g/mol. The summed E-state index contributed by atoms with van der Waals surface area (Å²) in [7, 11) is 1.69. The molecule has 0 fully saturated rings. The van der Waals surface area contributed by atoms with Crippen LogP contribution in [0.5, 0.6) is 5.75 Å². The largest absolute Gasteiger partial charge is 0.497 e. The van der Waals surface area contributed by atoms with Gasteiger partial charge in [-0.15, -0.1) is 11.8 Å². The van der Waals surface area contributed by atoms with Crippen LogP contribution in [0.15, 0.2) is 53.4 Å². The minimum atomic E-state index is 0.897. The smallest absolute Gasteiger partial charge is 0.119 e. The lowest BCUT2D eigenvalue weighted by Crippen LogP contribution is -2.21. The van der Waals surface area contributed by atoms with Crippen LogP contribution in [-0.4, -0.2) is 19.9 Å². The minimum absolute atomic E-state index is 0.897. The Balaban J connectivity index is 2.10. The van der Waals surface area contributed by atoms with Crippen molar-refractivity contribution in [3.05, 3.63) is 54.1 Å². The highest BCUT2D eigenvalue weighted by Gasteiger charge is 2.05. The van der Waals surface area contributed by atoms with E-state index in [1.165, 1.54) is 16.1 Å². The highest BCUT2D eigenvalue weighted by molar-refractivity contribution is 7.98. The third-order valence-corrected chi connectivity index (χ3v) is 4.10. The van der Waals surface area contributed by atoms with Crippen molar-refractivity contribution < 1.29 is 4.74 Å². The SMILES string of the molecule is CCN(Cc1ccc(SC)cc1)c1ccc(OC)cc1. The summed E-state index contributed by atoms with van der Waals surface area (Å²) >= 11 is 1.78. The van der Waals surface area contributed by atoms with E-state index in [2.05, 4.69) is 54.5 Å². The molecule has 106 valence electrons. The van der Waals surface area contributed by atoms with Gasteiger partial charge in [0.1, 0.15) is 5.75 Å². The normalized spacial score (nSPS) is 10.3. The highest BCUT2D eigenvalue weighted by Crippen LogP contribution is 2.22. The first-order valence-electron chi connectivity index (χ1n) is 6.78. The number of benzene rings is 2. The fraction of sp³-hybridized carbons (Fsp3) is 0.294. The lowest BCUT2D eigenvalue weighted by atomic mass is 10.2. The highest BCUT2D eigenvalue weighted by atomic mass is 32.2. The van der Waals surface area contributed by atoms with Crippen molar-refractivity contribution in [2.75, 3.05) is 24.8 Å². The van der Waals surface area contributed by atoms with E-state index in [0.717, 1.165) is 18.8 Å². The van der Waals surface area contributed by atoms with E-state index in [0.29, 0.717) is 0 Å². The quantitative estimate of drug-likeness (QED) is 0.729. The van der Waals surface area contributed by atoms with Crippen molar-refractivity contribution >= 4 is 17.4 Å². The van der Waals surface area contributed by atoms with Crippen LogP contribution in [0.2, 0.25) is 0 Å². The van der Waals surface area contributed by atoms with Gasteiger partial charge in [-0.25, -0.2) is 0 Å². The molecule has 2 nitrogen and oxygen atoms in total. The fourth-order valence-electron chi connectivity index (χ4n) is 2.13. The average Bonchev–Trinajstić information content (AvgIpc) is 2.53. The first-order chi connectivity index (χ1) is 9.76. The van der Waals surface area contributed by atoms with Crippen LogP contribution in [0.4, 0.5) is 5.69 Å². The topological polar surface area (TPSA) is 12.5 Å². The molecular weight excluding hydrogens is 266 g/mol. The molecule has 0 heterocycles. The van der Waals surface area contributed by atoms with Gasteiger partial charge in [-0.05, 0) is 55.1 Å². The van der Waals surface area contributed by atoms with E-state index >= 15 is 0 Å². The third kappa shape index (κ3) is 3.70. The van der Waals surface area contributed by atoms with Gasteiger partial charge in [0.15, 0.2) is 0 Å². The maximum absolute atomic E-state index is 5.21. The predicted octanol–water partition coefficient (Wildman–Crippen LogP) is 4.44. The molecule has 0 aliphatic rings. The van der Waals surface area contributed by atoms with E-state index in [9.17, 15) is 0 Å². The molecule has 0 N–H and O–H groups in total. The molecule has 0 aliphatic carbocycles. The standard InChI is InChI=1S/C17H21NOS/c1-4-18(15-7-9-16(19-2)10-8-15)13-14-5-11-17(20-3)12-6-14/h5-12H,4,13H2,1-3H3. The van der Waals surface area contributed by atoms with Crippen LogP contribution in [0.25, 0.3) is 0 Å². The molecule has 0 spiro atoms. The second-order valence-corrected chi connectivity index (χ2v) is 5.44. The van der Waals surface area contributed by atoms with Crippen molar-refractivity contribution in [3.8, 4) is 5.75 Å². The number of hydrogen-bond acceptors (Lipinski definition) is 3. The van der Waals surface area contributed by atoms with Crippen molar-refractivity contribution in [2.45, 2.75) is 18.4 Å². The van der Waals surface area contributed by atoms with E-state index in [1.807, 2.05) is 12.1 Å². The lowest BCUT2D eigenvalue weighted by Gasteiger charge is -2.23. The summed E-state index contributed by atoms with van der Waals surface area (Å²) in [4.78, 5) is 3.66. The number of thioether (sulfide) groups is 1. The number of ether oxygens (including phenoxy) is 1. The number of anilines is 1. The number of hydrogen-bond donors (Lipinski definition) is 0. The summed E-state index contributed by atoms with van der Waals surface area (Å²) in [6.07, 6.45) is 2.10. The zero-order valence-electron chi connectivity index (χ0n) is 12.3. The summed E-state index contributed by atoms with van der Waals surface area (Å²) in [6, 6.07) is 17.0. The molecule has 0 atom stereocenters. The summed E-state index contributed by atoms with van der Waals surface area (Å²) in [5, 5.41) is 0. The molecule has 0 aromatic heterocycles. The molecule has 0 unspecified atom stereocenters. The third-order valence-electron chi connectivity index (χ3n) is 3.35. The molecule has 20 heavy (non-hydrogen) atoms. The fourth-order valence-corrected chi connectivity index (χ4v) is 2.54. The van der Waals surface area contributed by atoms with Crippen molar-refractivity contribution in [1.82, 2.24) is 0 Å². The van der Waals surface area contributed by atoms with Crippen LogP contribution in [0.3, 0.4) is 0 Å². The Labute approximate surface area is 125 Å². The van der Waals surface area contributed by atoms with Crippen molar-refractivity contribution in [2.24, 2.45) is 0 Å². The van der Waals surface area contributed by atoms with Gasteiger partial charge in [-0.1, -0.05) is 12.1 Å². The monoisotopic (exact) mass is 287 g/mol. The number of nitrogens with zero attached hydrogens (tertiary/aromatic N) is 1. The summed E-state index contributed by atoms with van der Waals surface area (Å²) in [5.41, 5.74) is 2.56. The molecule has 0 amide bonds. The van der Waals surface area contributed by atoms with Crippen molar-refractivity contribution in [3.63, 3.8) is 0 Å². The first kappa shape index (κ1) is 14.8. The molecule has 0 aliphatic heterocycles. The van der Waals surface area contributed by atoms with Gasteiger partial charge in [-0.3, -0.25) is 0 Å². The second kappa shape index (κ2) is 7.25. The Morgan fingerprint density at radius 3 is 2.15 bits per heavy atom. The molecule has 0 saturated heterocycles. The summed E-state index contributed by atoms with van der Waals surface area (Å²) in [6.45, 7) is 4.09. The zero-order valence-corrected chi connectivity index (χ0v) is 13.1. The van der Waals surface area contributed by atoms with Crippen LogP contribution >= 0.6 is 11.8 Å². The van der Waals surface area contributed by atoms with Crippen LogP contribution in [-0.2, 0) is 6.54 Å². The van der Waals surface area contributed by atoms with Gasteiger partial charge in [0, 0.05) is 23.7 Å². The van der Waals surface area contributed by atoms with Gasteiger partial charge in [0.2, 0.25) is 0 Å². The summed E-state index contributed by atoms with van der Waals surface area (Å²) < 4.78 is 5.21. The van der Waals surface area contributed by atoms with Gasteiger partial charge >= 0.3 is 0 Å². The molecule has 2 rings (SSSR count). The number of methoxy groups -OCH3 is 1. The molecule has 0 bridgehead atoms. The molecular formula is C17H21NOS. The second-order valence-electron chi connectivity index (χ2n) is 4.56. The lowest BCUT2D eigenvalue weighted by molar-refractivity contribution is 0.415. The molecule has 2 aromatic carbocycles. The Morgan fingerprint density at radius 1 is 1.00 bits per heavy atom. The van der Waals surface area contributed by atoms with Gasteiger partial charge in [-0.2, -0.15) is 0 Å². The van der Waals surface area contributed by atoms with E-state index < -0.39 is 0 Å². The molecule has 3 heteroatoms. The van der Waals surface area contributed by atoms with E-state index in [-0.39, 0.29) is 0 Å². The molecule has 0 radical (unpaired) electrons. The maximum Gasteiger partial charge on any atom is 0.119 e.